The molecule has 0 nitrogen and oxygen atoms in total. The molecule has 1 aromatic carbocycles. The predicted molar refractivity (Wildman–Crippen MR) is 142 cm³/mol. The highest BCUT2D eigenvalue weighted by atomic mass is 32.2. The zero-order chi connectivity index (χ0) is 19.0. The molecule has 0 amide bonds. The Hall–Kier alpha value is 0.980. The van der Waals surface area contributed by atoms with Crippen LogP contribution in [-0.2, 0) is 0 Å². The highest BCUT2D eigenvalue weighted by Gasteiger charge is 2.14. The molecule has 1 rings (SSSR count). The molecular weight excluding hydrogens is 473 g/mol. The van der Waals surface area contributed by atoms with E-state index < -0.39 is 0 Å². The molecule has 0 aliphatic carbocycles. The van der Waals surface area contributed by atoms with Gasteiger partial charge in [0.1, 0.15) is 0 Å². The first-order valence-electron chi connectivity index (χ1n) is 7.63. The third kappa shape index (κ3) is 9.96. The lowest BCUT2D eigenvalue weighted by Crippen LogP contribution is -1.91. The molecular formula is C18H22S8. The van der Waals surface area contributed by atoms with Crippen molar-refractivity contribution in [2.45, 2.75) is 19.6 Å². The van der Waals surface area contributed by atoms with E-state index in [0.29, 0.717) is 0 Å². The van der Waals surface area contributed by atoms with Crippen molar-refractivity contribution in [3.63, 3.8) is 0 Å². The molecule has 0 fully saturated rings. The second-order valence-corrected chi connectivity index (χ2v) is 9.88. The lowest BCUT2D eigenvalue weighted by Gasteiger charge is -2.16. The summed E-state index contributed by atoms with van der Waals surface area (Å²) >= 11 is 24.0. The normalized spacial score (nSPS) is 12.5. The third-order valence-corrected chi connectivity index (χ3v) is 8.17. The standard InChI is InChI=1S/C18H22S8/c19-7-1-11-23-15-5-6-16(24-12-2-8-20)18(26-14-4-10-22)17(15)25-13-3-9-21/h1-10,19-22H,11-14H2. The number of rotatable bonds is 12. The van der Waals surface area contributed by atoms with E-state index in [4.69, 9.17) is 0 Å². The van der Waals surface area contributed by atoms with Gasteiger partial charge < -0.3 is 0 Å². The van der Waals surface area contributed by atoms with Crippen molar-refractivity contribution >= 4 is 97.6 Å². The molecule has 0 heterocycles. The zero-order valence-electron chi connectivity index (χ0n) is 14.0. The Morgan fingerprint density at radius 2 is 0.846 bits per heavy atom. The number of hydrogen-bond acceptors (Lipinski definition) is 8. The minimum atomic E-state index is 0.903. The van der Waals surface area contributed by atoms with Crippen LogP contribution in [0, 0.1) is 0 Å². The Morgan fingerprint density at radius 1 is 0.538 bits per heavy atom. The minimum absolute atomic E-state index is 0.903. The van der Waals surface area contributed by atoms with Crippen molar-refractivity contribution in [1.82, 2.24) is 0 Å². The van der Waals surface area contributed by atoms with E-state index in [9.17, 15) is 0 Å². The maximum absolute atomic E-state index is 4.18. The molecule has 0 aliphatic heterocycles. The summed E-state index contributed by atoms with van der Waals surface area (Å²) in [7, 11) is 0. The van der Waals surface area contributed by atoms with Crippen LogP contribution in [0.3, 0.4) is 0 Å². The van der Waals surface area contributed by atoms with Crippen LogP contribution >= 0.6 is 97.6 Å². The first-order chi connectivity index (χ1) is 12.8. The van der Waals surface area contributed by atoms with Crippen LogP contribution in [-0.4, -0.2) is 23.0 Å². The van der Waals surface area contributed by atoms with E-state index in [1.807, 2.05) is 47.0 Å². The highest BCUT2D eigenvalue weighted by molar-refractivity contribution is 8.05. The molecule has 0 atom stereocenters. The number of hydrogen-bond donors (Lipinski definition) is 4. The summed E-state index contributed by atoms with van der Waals surface area (Å²) in [5.41, 5.74) is 0. The molecule has 0 saturated heterocycles. The third-order valence-electron chi connectivity index (χ3n) is 2.78. The lowest BCUT2D eigenvalue weighted by molar-refractivity contribution is 1.03. The van der Waals surface area contributed by atoms with E-state index in [2.05, 4.69) is 87.0 Å². The largest absolute Gasteiger partial charge is 0.152 e. The van der Waals surface area contributed by atoms with Gasteiger partial charge >= 0.3 is 0 Å². The summed E-state index contributed by atoms with van der Waals surface area (Å²) in [5, 5.41) is 7.20. The molecule has 0 N–H and O–H groups in total. The SMILES string of the molecule is SC=CCSc1ccc(SCC=CS)c(SCC=CS)c1SCC=CS. The average molecular weight is 495 g/mol. The summed E-state index contributed by atoms with van der Waals surface area (Å²) in [6, 6.07) is 4.46. The molecule has 8 heteroatoms. The van der Waals surface area contributed by atoms with Crippen LogP contribution < -0.4 is 0 Å². The number of benzene rings is 1. The molecule has 142 valence electrons. The van der Waals surface area contributed by atoms with Crippen molar-refractivity contribution in [1.29, 1.82) is 0 Å². The first-order valence-corrected chi connectivity index (χ1v) is 13.6. The molecule has 0 bridgehead atoms. The van der Waals surface area contributed by atoms with Crippen molar-refractivity contribution in [3.8, 4) is 0 Å². The summed E-state index contributed by atoms with van der Waals surface area (Å²) in [6.07, 6.45) is 8.27. The number of thioether (sulfide) groups is 4. The minimum Gasteiger partial charge on any atom is -0.152 e. The van der Waals surface area contributed by atoms with Gasteiger partial charge in [0.15, 0.2) is 0 Å². The van der Waals surface area contributed by atoms with Crippen LogP contribution in [0.4, 0.5) is 0 Å². The second kappa shape index (κ2) is 16.9. The van der Waals surface area contributed by atoms with Gasteiger partial charge in [-0.15, -0.1) is 47.0 Å². The van der Waals surface area contributed by atoms with Crippen molar-refractivity contribution in [2.75, 3.05) is 23.0 Å². The second-order valence-electron chi connectivity index (χ2n) is 4.50. The Balaban J connectivity index is 3.20. The smallest absolute Gasteiger partial charge is 0.0359 e. The maximum atomic E-state index is 4.18. The Morgan fingerprint density at radius 3 is 1.15 bits per heavy atom. The molecule has 26 heavy (non-hydrogen) atoms. The molecule has 0 aliphatic rings. The number of thiol groups is 4. The van der Waals surface area contributed by atoms with Crippen LogP contribution in [0.5, 0.6) is 0 Å². The van der Waals surface area contributed by atoms with Gasteiger partial charge in [-0.1, -0.05) is 24.3 Å². The van der Waals surface area contributed by atoms with Crippen LogP contribution in [0.2, 0.25) is 0 Å². The van der Waals surface area contributed by atoms with Gasteiger partial charge in [-0.05, 0) is 33.8 Å². The van der Waals surface area contributed by atoms with Gasteiger partial charge in [0.05, 0.1) is 0 Å². The van der Waals surface area contributed by atoms with Crippen molar-refractivity contribution < 1.29 is 0 Å². The molecule has 0 unspecified atom stereocenters. The fourth-order valence-corrected chi connectivity index (χ4v) is 7.08. The first kappa shape index (κ1) is 25.0. The summed E-state index contributed by atoms with van der Waals surface area (Å²) in [4.78, 5) is 5.29. The van der Waals surface area contributed by atoms with E-state index in [0.717, 1.165) is 23.0 Å². The molecule has 0 aromatic heterocycles. The molecule has 0 spiro atoms. The summed E-state index contributed by atoms with van der Waals surface area (Å²) in [6.45, 7) is 0. The van der Waals surface area contributed by atoms with E-state index in [1.54, 1.807) is 21.6 Å². The highest BCUT2D eigenvalue weighted by Crippen LogP contribution is 2.44. The summed E-state index contributed by atoms with van der Waals surface area (Å²) < 4.78 is 0. The van der Waals surface area contributed by atoms with Crippen LogP contribution in [0.1, 0.15) is 0 Å². The fourth-order valence-electron chi connectivity index (χ4n) is 1.74. The molecule has 1 aromatic rings. The maximum Gasteiger partial charge on any atom is 0.0359 e. The van der Waals surface area contributed by atoms with Crippen LogP contribution in [0.25, 0.3) is 0 Å². The monoisotopic (exact) mass is 494 g/mol. The van der Waals surface area contributed by atoms with Crippen LogP contribution in [0.15, 0.2) is 77.7 Å². The van der Waals surface area contributed by atoms with Gasteiger partial charge in [0.25, 0.3) is 0 Å². The Labute approximate surface area is 196 Å². The van der Waals surface area contributed by atoms with Gasteiger partial charge in [-0.2, -0.15) is 50.5 Å². The van der Waals surface area contributed by atoms with Gasteiger partial charge in [-0.25, -0.2) is 0 Å². The zero-order valence-corrected chi connectivity index (χ0v) is 20.9. The van der Waals surface area contributed by atoms with Gasteiger partial charge in [-0.3, -0.25) is 0 Å². The quantitative estimate of drug-likeness (QED) is 0.173. The average Bonchev–Trinajstić information content (AvgIpc) is 2.65. The molecule has 0 saturated carbocycles. The van der Waals surface area contributed by atoms with Gasteiger partial charge in [0.2, 0.25) is 0 Å². The summed E-state index contributed by atoms with van der Waals surface area (Å²) in [5.74, 6) is 3.63. The van der Waals surface area contributed by atoms with E-state index >= 15 is 0 Å². The Bertz CT molecular complexity index is 579. The van der Waals surface area contributed by atoms with Gasteiger partial charge in [0, 0.05) is 42.6 Å². The van der Waals surface area contributed by atoms with E-state index in [-0.39, 0.29) is 0 Å². The van der Waals surface area contributed by atoms with Crippen molar-refractivity contribution in [3.05, 3.63) is 58.1 Å². The Kier molecular flexibility index (Phi) is 16.3. The topological polar surface area (TPSA) is 0 Å². The fraction of sp³-hybridized carbons (Fsp3) is 0.222. The lowest BCUT2D eigenvalue weighted by atomic mass is 10.3. The van der Waals surface area contributed by atoms with E-state index in [1.165, 1.54) is 19.6 Å². The molecule has 0 radical (unpaired) electrons. The predicted octanol–water partition coefficient (Wildman–Crippen LogP) is 7.83. The van der Waals surface area contributed by atoms with Crippen molar-refractivity contribution in [2.24, 2.45) is 0 Å².